The Morgan fingerprint density at radius 3 is 2.75 bits per heavy atom. The van der Waals surface area contributed by atoms with Crippen LogP contribution in [0.2, 0.25) is 0 Å². The lowest BCUT2D eigenvalue weighted by Gasteiger charge is -2.38. The molecule has 0 spiro atoms. The Morgan fingerprint density at radius 1 is 1.19 bits per heavy atom. The van der Waals surface area contributed by atoms with Gasteiger partial charge in [0, 0.05) is 6.04 Å². The Kier molecular flexibility index (Phi) is 3.91. The number of rotatable bonds is 1. The molecule has 0 amide bonds. The SMILES string of the molecule is CC1CNCCC1N1CCCC(C)(C)CC1. The van der Waals surface area contributed by atoms with Crippen molar-refractivity contribution in [2.24, 2.45) is 11.3 Å². The number of piperidine rings is 1. The van der Waals surface area contributed by atoms with Crippen molar-refractivity contribution in [1.82, 2.24) is 10.2 Å². The highest BCUT2D eigenvalue weighted by molar-refractivity contribution is 4.86. The zero-order valence-electron chi connectivity index (χ0n) is 11.3. The summed E-state index contributed by atoms with van der Waals surface area (Å²) < 4.78 is 0. The number of nitrogens with zero attached hydrogens (tertiary/aromatic N) is 1. The monoisotopic (exact) mass is 224 g/mol. The molecule has 2 saturated heterocycles. The summed E-state index contributed by atoms with van der Waals surface area (Å²) in [6.45, 7) is 12.4. The van der Waals surface area contributed by atoms with Crippen LogP contribution in [0.1, 0.15) is 46.5 Å². The van der Waals surface area contributed by atoms with Crippen molar-refractivity contribution in [3.8, 4) is 0 Å². The van der Waals surface area contributed by atoms with E-state index >= 15 is 0 Å². The third kappa shape index (κ3) is 2.98. The molecule has 2 nitrogen and oxygen atoms in total. The van der Waals surface area contributed by atoms with E-state index in [1.807, 2.05) is 0 Å². The average Bonchev–Trinajstić information content (AvgIpc) is 2.40. The van der Waals surface area contributed by atoms with Crippen molar-refractivity contribution in [2.45, 2.75) is 52.5 Å². The van der Waals surface area contributed by atoms with Crippen molar-refractivity contribution in [2.75, 3.05) is 26.2 Å². The van der Waals surface area contributed by atoms with Crippen LogP contribution in [-0.2, 0) is 0 Å². The highest BCUT2D eigenvalue weighted by atomic mass is 15.2. The van der Waals surface area contributed by atoms with Crippen LogP contribution in [0.25, 0.3) is 0 Å². The number of hydrogen-bond acceptors (Lipinski definition) is 2. The third-order valence-electron chi connectivity index (χ3n) is 4.58. The van der Waals surface area contributed by atoms with Crippen molar-refractivity contribution in [3.05, 3.63) is 0 Å². The van der Waals surface area contributed by atoms with E-state index in [1.165, 1.54) is 51.9 Å². The summed E-state index contributed by atoms with van der Waals surface area (Å²) in [5.41, 5.74) is 0.574. The van der Waals surface area contributed by atoms with Gasteiger partial charge in [0.1, 0.15) is 0 Å². The lowest BCUT2D eigenvalue weighted by atomic mass is 9.85. The predicted molar refractivity (Wildman–Crippen MR) is 69.6 cm³/mol. The molecule has 2 heterocycles. The molecule has 0 aromatic carbocycles. The summed E-state index contributed by atoms with van der Waals surface area (Å²) >= 11 is 0. The maximum atomic E-state index is 3.51. The third-order valence-corrected chi connectivity index (χ3v) is 4.58. The molecule has 0 aliphatic carbocycles. The Morgan fingerprint density at radius 2 is 2.00 bits per heavy atom. The van der Waals surface area contributed by atoms with Gasteiger partial charge in [0.15, 0.2) is 0 Å². The fraction of sp³-hybridized carbons (Fsp3) is 1.00. The van der Waals surface area contributed by atoms with Gasteiger partial charge in [-0.15, -0.1) is 0 Å². The minimum absolute atomic E-state index is 0.574. The first-order chi connectivity index (χ1) is 7.58. The van der Waals surface area contributed by atoms with Crippen molar-refractivity contribution >= 4 is 0 Å². The van der Waals surface area contributed by atoms with Gasteiger partial charge in [0.05, 0.1) is 0 Å². The first kappa shape index (κ1) is 12.4. The molecule has 16 heavy (non-hydrogen) atoms. The van der Waals surface area contributed by atoms with Gasteiger partial charge in [-0.1, -0.05) is 20.8 Å². The molecule has 2 atom stereocenters. The van der Waals surface area contributed by atoms with Crippen LogP contribution in [0, 0.1) is 11.3 Å². The Bertz CT molecular complexity index is 225. The van der Waals surface area contributed by atoms with Crippen LogP contribution in [0.5, 0.6) is 0 Å². The first-order valence-electron chi connectivity index (χ1n) is 7.03. The first-order valence-corrected chi connectivity index (χ1v) is 7.03. The minimum atomic E-state index is 0.574. The topological polar surface area (TPSA) is 15.3 Å². The molecule has 0 aromatic rings. The zero-order chi connectivity index (χ0) is 11.6. The van der Waals surface area contributed by atoms with Crippen LogP contribution in [-0.4, -0.2) is 37.1 Å². The van der Waals surface area contributed by atoms with Gasteiger partial charge < -0.3 is 10.2 Å². The largest absolute Gasteiger partial charge is 0.316 e. The molecule has 0 saturated carbocycles. The van der Waals surface area contributed by atoms with Crippen molar-refractivity contribution < 1.29 is 0 Å². The normalized spacial score (nSPS) is 36.9. The van der Waals surface area contributed by atoms with Gasteiger partial charge in [-0.3, -0.25) is 0 Å². The molecular weight excluding hydrogens is 196 g/mol. The van der Waals surface area contributed by atoms with Crippen LogP contribution in [0.3, 0.4) is 0 Å². The molecule has 2 heteroatoms. The van der Waals surface area contributed by atoms with E-state index in [2.05, 4.69) is 31.0 Å². The van der Waals surface area contributed by atoms with Crippen LogP contribution in [0.15, 0.2) is 0 Å². The van der Waals surface area contributed by atoms with Crippen LogP contribution in [0.4, 0.5) is 0 Å². The van der Waals surface area contributed by atoms with Crippen molar-refractivity contribution in [1.29, 1.82) is 0 Å². The smallest absolute Gasteiger partial charge is 0.0145 e. The van der Waals surface area contributed by atoms with E-state index in [0.717, 1.165) is 12.0 Å². The summed E-state index contributed by atoms with van der Waals surface area (Å²) in [6.07, 6.45) is 5.53. The van der Waals surface area contributed by atoms with Gasteiger partial charge in [-0.05, 0) is 63.2 Å². The molecule has 0 radical (unpaired) electrons. The standard InChI is InChI=1S/C14H28N2/c1-12-11-15-8-5-13(12)16-9-4-6-14(2,3)7-10-16/h12-13,15H,4-11H2,1-3H3. The second kappa shape index (κ2) is 5.05. The molecule has 2 rings (SSSR count). The molecule has 0 bridgehead atoms. The Balaban J connectivity index is 1.93. The minimum Gasteiger partial charge on any atom is -0.316 e. The van der Waals surface area contributed by atoms with E-state index in [4.69, 9.17) is 0 Å². The average molecular weight is 224 g/mol. The predicted octanol–water partition coefficient (Wildman–Crippen LogP) is 2.50. The van der Waals surface area contributed by atoms with Gasteiger partial charge >= 0.3 is 0 Å². The lowest BCUT2D eigenvalue weighted by Crippen LogP contribution is -2.49. The van der Waals surface area contributed by atoms with Gasteiger partial charge in [0.2, 0.25) is 0 Å². The quantitative estimate of drug-likeness (QED) is 0.736. The van der Waals surface area contributed by atoms with Gasteiger partial charge in [0.25, 0.3) is 0 Å². The number of nitrogens with one attached hydrogen (secondary N) is 1. The van der Waals surface area contributed by atoms with Gasteiger partial charge in [-0.2, -0.15) is 0 Å². The van der Waals surface area contributed by atoms with Gasteiger partial charge in [-0.25, -0.2) is 0 Å². The summed E-state index contributed by atoms with van der Waals surface area (Å²) in [5, 5.41) is 3.51. The maximum Gasteiger partial charge on any atom is 0.0145 e. The van der Waals surface area contributed by atoms with Crippen molar-refractivity contribution in [3.63, 3.8) is 0 Å². The maximum absolute atomic E-state index is 3.51. The molecular formula is C14H28N2. The fourth-order valence-electron chi connectivity index (χ4n) is 3.32. The summed E-state index contributed by atoms with van der Waals surface area (Å²) in [6, 6.07) is 0.843. The number of likely N-dealkylation sites (tertiary alicyclic amines) is 1. The van der Waals surface area contributed by atoms with E-state index < -0.39 is 0 Å². The Hall–Kier alpha value is -0.0800. The molecule has 2 aliphatic rings. The second-order valence-electron chi connectivity index (χ2n) is 6.59. The summed E-state index contributed by atoms with van der Waals surface area (Å²) in [4.78, 5) is 2.78. The Labute approximate surface area is 101 Å². The zero-order valence-corrected chi connectivity index (χ0v) is 11.3. The fourth-order valence-corrected chi connectivity index (χ4v) is 3.32. The molecule has 0 aromatic heterocycles. The molecule has 2 unspecified atom stereocenters. The van der Waals surface area contributed by atoms with Crippen LogP contribution < -0.4 is 5.32 Å². The van der Waals surface area contributed by atoms with E-state index in [9.17, 15) is 0 Å². The summed E-state index contributed by atoms with van der Waals surface area (Å²) in [5.74, 6) is 0.829. The highest BCUT2D eigenvalue weighted by Gasteiger charge is 2.30. The number of hydrogen-bond donors (Lipinski definition) is 1. The van der Waals surface area contributed by atoms with E-state index in [0.29, 0.717) is 5.41 Å². The molecule has 2 fully saturated rings. The van der Waals surface area contributed by atoms with Crippen LogP contribution >= 0.6 is 0 Å². The summed E-state index contributed by atoms with van der Waals surface area (Å²) in [7, 11) is 0. The lowest BCUT2D eigenvalue weighted by molar-refractivity contribution is 0.120. The van der Waals surface area contributed by atoms with E-state index in [-0.39, 0.29) is 0 Å². The van der Waals surface area contributed by atoms with E-state index in [1.54, 1.807) is 0 Å². The second-order valence-corrected chi connectivity index (χ2v) is 6.59. The molecule has 2 aliphatic heterocycles. The molecule has 94 valence electrons. The molecule has 1 N–H and O–H groups in total. The highest BCUT2D eigenvalue weighted by Crippen LogP contribution is 2.32.